The predicted molar refractivity (Wildman–Crippen MR) is 116 cm³/mol. The highest BCUT2D eigenvalue weighted by Gasteiger charge is 2.23. The second kappa shape index (κ2) is 8.96. The highest BCUT2D eigenvalue weighted by molar-refractivity contribution is 7.90. The molecule has 0 fully saturated rings. The molecule has 0 saturated heterocycles. The maximum Gasteiger partial charge on any atom is 0.287 e. The van der Waals surface area contributed by atoms with Gasteiger partial charge < -0.3 is 23.9 Å². The molecule has 1 atom stereocenters. The molecule has 3 aromatic rings. The quantitative estimate of drug-likeness (QED) is 0.579. The third-order valence-corrected chi connectivity index (χ3v) is 6.71. The van der Waals surface area contributed by atoms with E-state index in [0.717, 1.165) is 5.56 Å². The van der Waals surface area contributed by atoms with Crippen LogP contribution in [0.5, 0.6) is 17.2 Å². The summed E-state index contributed by atoms with van der Waals surface area (Å²) in [5.41, 5.74) is 0.841. The highest BCUT2D eigenvalue weighted by atomic mass is 32.2. The van der Waals surface area contributed by atoms with Gasteiger partial charge in [0.15, 0.2) is 27.1 Å². The number of rotatable bonds is 7. The third kappa shape index (κ3) is 4.57. The molecule has 32 heavy (non-hydrogen) atoms. The summed E-state index contributed by atoms with van der Waals surface area (Å²) in [6.07, 6.45) is 0. The van der Waals surface area contributed by atoms with E-state index in [0.29, 0.717) is 24.7 Å². The van der Waals surface area contributed by atoms with Crippen LogP contribution in [0.25, 0.3) is 0 Å². The normalized spacial score (nSPS) is 13.9. The minimum atomic E-state index is -3.72. The van der Waals surface area contributed by atoms with Gasteiger partial charge in [-0.3, -0.25) is 4.79 Å². The predicted octanol–water partition coefficient (Wildman–Crippen LogP) is 3.52. The van der Waals surface area contributed by atoms with E-state index in [1.54, 1.807) is 24.3 Å². The number of fused-ring (bicyclic) bond motifs is 1. The zero-order valence-electron chi connectivity index (χ0n) is 17.7. The van der Waals surface area contributed by atoms with Crippen molar-refractivity contribution in [3.8, 4) is 17.2 Å². The molecule has 2 aromatic carbocycles. The molecule has 0 saturated carbocycles. The first-order chi connectivity index (χ1) is 15.4. The maximum absolute atomic E-state index is 12.8. The molecule has 1 amide bonds. The molecule has 1 aliphatic rings. The van der Waals surface area contributed by atoms with Gasteiger partial charge >= 0.3 is 0 Å². The van der Waals surface area contributed by atoms with E-state index >= 15 is 0 Å². The Morgan fingerprint density at radius 2 is 1.81 bits per heavy atom. The summed E-state index contributed by atoms with van der Waals surface area (Å²) in [5.74, 6) is 0.909. The van der Waals surface area contributed by atoms with Crippen LogP contribution in [0.2, 0.25) is 0 Å². The molecule has 9 heteroatoms. The van der Waals surface area contributed by atoms with E-state index in [4.69, 9.17) is 18.6 Å². The summed E-state index contributed by atoms with van der Waals surface area (Å²) < 4.78 is 47.3. The van der Waals surface area contributed by atoms with Crippen LogP contribution in [0.3, 0.4) is 0 Å². The topological polar surface area (TPSA) is 104 Å². The summed E-state index contributed by atoms with van der Waals surface area (Å²) in [5, 5.41) is 2.85. The van der Waals surface area contributed by atoms with Crippen LogP contribution in [0.4, 0.5) is 0 Å². The molecular formula is C23H23NO7S. The van der Waals surface area contributed by atoms with E-state index in [2.05, 4.69) is 5.32 Å². The highest BCUT2D eigenvalue weighted by Crippen LogP contribution is 2.32. The Morgan fingerprint density at radius 1 is 1.06 bits per heavy atom. The number of para-hydroxylation sites is 1. The van der Waals surface area contributed by atoms with E-state index in [-0.39, 0.29) is 28.2 Å². The van der Waals surface area contributed by atoms with Crippen molar-refractivity contribution in [3.63, 3.8) is 0 Å². The fourth-order valence-electron chi connectivity index (χ4n) is 3.40. The minimum absolute atomic E-state index is 0.0274. The second-order valence-corrected chi connectivity index (χ2v) is 9.23. The van der Waals surface area contributed by atoms with Crippen LogP contribution in [-0.2, 0) is 15.6 Å². The summed E-state index contributed by atoms with van der Waals surface area (Å²) in [7, 11) is -2.31. The van der Waals surface area contributed by atoms with Crippen molar-refractivity contribution in [2.24, 2.45) is 0 Å². The molecule has 0 bridgehead atoms. The zero-order chi connectivity index (χ0) is 22.7. The second-order valence-electron chi connectivity index (χ2n) is 7.27. The summed E-state index contributed by atoms with van der Waals surface area (Å²) in [4.78, 5) is 12.7. The Labute approximate surface area is 186 Å². The molecule has 0 radical (unpaired) electrons. The van der Waals surface area contributed by atoms with Gasteiger partial charge in [0.2, 0.25) is 0 Å². The number of benzene rings is 2. The number of amides is 1. The molecule has 168 valence electrons. The number of carbonyl (C=O) groups excluding carboxylic acids is 1. The Bertz CT molecular complexity index is 1230. The van der Waals surface area contributed by atoms with Crippen molar-refractivity contribution in [1.82, 2.24) is 5.32 Å². The van der Waals surface area contributed by atoms with Gasteiger partial charge in [0.05, 0.1) is 13.2 Å². The molecule has 0 spiro atoms. The van der Waals surface area contributed by atoms with Gasteiger partial charge in [0.1, 0.15) is 35.4 Å². The molecule has 0 unspecified atom stereocenters. The fourth-order valence-corrected chi connectivity index (χ4v) is 4.83. The molecular weight excluding hydrogens is 434 g/mol. The van der Waals surface area contributed by atoms with Crippen LogP contribution in [-0.4, -0.2) is 34.6 Å². The average molecular weight is 458 g/mol. The maximum atomic E-state index is 12.8. The molecule has 2 heterocycles. The van der Waals surface area contributed by atoms with Gasteiger partial charge in [-0.25, -0.2) is 8.42 Å². The fraction of sp³-hybridized carbons (Fsp3) is 0.261. The van der Waals surface area contributed by atoms with Gasteiger partial charge in [-0.2, -0.15) is 0 Å². The molecule has 8 nitrogen and oxygen atoms in total. The Morgan fingerprint density at radius 3 is 2.59 bits per heavy atom. The van der Waals surface area contributed by atoms with Crippen molar-refractivity contribution in [2.75, 3.05) is 20.3 Å². The Balaban J connectivity index is 1.44. The first-order valence-electron chi connectivity index (χ1n) is 10.0. The number of sulfone groups is 1. The molecule has 1 N–H and O–H groups in total. The molecule has 4 rings (SSSR count). The lowest BCUT2D eigenvalue weighted by molar-refractivity contribution is 0.0910. The van der Waals surface area contributed by atoms with Crippen LogP contribution in [0.1, 0.15) is 34.8 Å². The Kier molecular flexibility index (Phi) is 6.09. The third-order valence-electron chi connectivity index (χ3n) is 5.04. The largest absolute Gasteiger partial charge is 0.495 e. The van der Waals surface area contributed by atoms with Crippen LogP contribution in [0.15, 0.2) is 63.9 Å². The zero-order valence-corrected chi connectivity index (χ0v) is 18.5. The summed E-state index contributed by atoms with van der Waals surface area (Å²) in [6, 6.07) is 14.5. The smallest absolute Gasteiger partial charge is 0.287 e. The first-order valence-corrected chi connectivity index (χ1v) is 11.7. The van der Waals surface area contributed by atoms with Gasteiger partial charge in [0.25, 0.3) is 5.91 Å². The lowest BCUT2D eigenvalue weighted by Gasteiger charge is -2.21. The average Bonchev–Trinajstić information content (AvgIpc) is 3.26. The van der Waals surface area contributed by atoms with Gasteiger partial charge in [-0.05, 0) is 48.9 Å². The monoisotopic (exact) mass is 457 g/mol. The molecule has 1 aromatic heterocycles. The lowest BCUT2D eigenvalue weighted by atomic mass is 10.1. The summed E-state index contributed by atoms with van der Waals surface area (Å²) >= 11 is 0. The van der Waals surface area contributed by atoms with E-state index in [1.165, 1.54) is 25.3 Å². The van der Waals surface area contributed by atoms with Crippen LogP contribution in [0, 0.1) is 0 Å². The van der Waals surface area contributed by atoms with Gasteiger partial charge in [0, 0.05) is 0 Å². The first kappa shape index (κ1) is 21.8. The standard InChI is InChI=1S/C23H23NO7S/c1-15(16-7-9-18-21(13-16)30-12-11-29-18)24-23(25)20-10-8-17(31-20)14-32(26,27)22-6-4-3-5-19(22)28-2/h3-10,13,15H,11-12,14H2,1-2H3,(H,24,25)/t15-/m0/s1. The van der Waals surface area contributed by atoms with Crippen LogP contribution < -0.4 is 19.5 Å². The van der Waals surface area contributed by atoms with Crippen molar-refractivity contribution in [1.29, 1.82) is 0 Å². The van der Waals surface area contributed by atoms with Crippen molar-refractivity contribution < 1.29 is 31.8 Å². The minimum Gasteiger partial charge on any atom is -0.495 e. The summed E-state index contributed by atoms with van der Waals surface area (Å²) in [6.45, 7) is 2.82. The SMILES string of the molecule is COc1ccccc1S(=O)(=O)Cc1ccc(C(=O)N[C@@H](C)c2ccc3c(c2)OCCO3)o1. The van der Waals surface area contributed by atoms with Gasteiger partial charge in [-0.15, -0.1) is 0 Å². The number of hydrogen-bond donors (Lipinski definition) is 1. The van der Waals surface area contributed by atoms with E-state index < -0.39 is 21.5 Å². The number of hydrogen-bond acceptors (Lipinski definition) is 7. The van der Waals surface area contributed by atoms with Crippen molar-refractivity contribution >= 4 is 15.7 Å². The number of carbonyl (C=O) groups is 1. The molecule has 1 aliphatic heterocycles. The van der Waals surface area contributed by atoms with Crippen molar-refractivity contribution in [3.05, 3.63) is 71.7 Å². The number of furan rings is 1. The molecule has 0 aliphatic carbocycles. The van der Waals surface area contributed by atoms with Crippen molar-refractivity contribution in [2.45, 2.75) is 23.6 Å². The Hall–Kier alpha value is -3.46. The number of ether oxygens (including phenoxy) is 3. The number of methoxy groups -OCH3 is 1. The lowest BCUT2D eigenvalue weighted by Crippen LogP contribution is -2.26. The van der Waals surface area contributed by atoms with E-state index in [1.807, 2.05) is 19.1 Å². The van der Waals surface area contributed by atoms with Crippen LogP contribution >= 0.6 is 0 Å². The number of nitrogens with one attached hydrogen (secondary N) is 1. The van der Waals surface area contributed by atoms with Gasteiger partial charge in [-0.1, -0.05) is 18.2 Å². The van der Waals surface area contributed by atoms with E-state index in [9.17, 15) is 13.2 Å².